The summed E-state index contributed by atoms with van der Waals surface area (Å²) < 4.78 is 25.2. The highest BCUT2D eigenvalue weighted by Gasteiger charge is 2.24. The first-order chi connectivity index (χ1) is 11.8. The highest BCUT2D eigenvalue weighted by molar-refractivity contribution is 7.92. The van der Waals surface area contributed by atoms with Crippen LogP contribution in [0.15, 0.2) is 42.5 Å². The van der Waals surface area contributed by atoms with E-state index in [1.54, 1.807) is 18.2 Å². The van der Waals surface area contributed by atoms with Gasteiger partial charge in [-0.25, -0.2) is 8.42 Å². The van der Waals surface area contributed by atoms with E-state index in [0.29, 0.717) is 24.3 Å². The average Bonchev–Trinajstić information content (AvgIpc) is 2.59. The highest BCUT2D eigenvalue weighted by Crippen LogP contribution is 2.29. The minimum absolute atomic E-state index is 0.153. The second-order valence-electron chi connectivity index (χ2n) is 6.45. The Hall–Kier alpha value is -2.34. The number of hydrogen-bond donors (Lipinski definition) is 1. The van der Waals surface area contributed by atoms with Crippen molar-refractivity contribution in [1.82, 2.24) is 5.32 Å². The van der Waals surface area contributed by atoms with Crippen molar-refractivity contribution in [3.8, 4) is 0 Å². The van der Waals surface area contributed by atoms with Gasteiger partial charge in [-0.1, -0.05) is 29.8 Å². The third-order valence-corrected chi connectivity index (χ3v) is 5.57. The maximum absolute atomic E-state index is 12.4. The quantitative estimate of drug-likeness (QED) is 0.914. The summed E-state index contributed by atoms with van der Waals surface area (Å²) in [5, 5.41) is 2.91. The number of carbonyl (C=O) groups is 1. The Kier molecular flexibility index (Phi) is 4.81. The SMILES string of the molecule is Cc1ccc(CNC(=O)c2ccc3c(c2)CCCN3S(C)(=O)=O)cc1. The van der Waals surface area contributed by atoms with Gasteiger partial charge in [0.05, 0.1) is 11.9 Å². The summed E-state index contributed by atoms with van der Waals surface area (Å²) in [6.45, 7) is 2.98. The molecule has 0 saturated heterocycles. The van der Waals surface area contributed by atoms with Crippen molar-refractivity contribution in [2.24, 2.45) is 0 Å². The molecule has 1 aliphatic heterocycles. The molecule has 5 nitrogen and oxygen atoms in total. The molecule has 0 unspecified atom stereocenters. The van der Waals surface area contributed by atoms with E-state index in [1.807, 2.05) is 31.2 Å². The molecule has 0 bridgehead atoms. The van der Waals surface area contributed by atoms with Gasteiger partial charge in [0, 0.05) is 18.7 Å². The molecule has 0 saturated carbocycles. The molecule has 6 heteroatoms. The van der Waals surface area contributed by atoms with E-state index in [0.717, 1.165) is 24.0 Å². The van der Waals surface area contributed by atoms with Gasteiger partial charge in [0.1, 0.15) is 0 Å². The van der Waals surface area contributed by atoms with Gasteiger partial charge in [0.15, 0.2) is 0 Å². The topological polar surface area (TPSA) is 66.5 Å². The van der Waals surface area contributed by atoms with Gasteiger partial charge in [0.2, 0.25) is 10.0 Å². The molecular formula is C19H22N2O3S. The molecule has 1 heterocycles. The monoisotopic (exact) mass is 358 g/mol. The van der Waals surface area contributed by atoms with E-state index in [9.17, 15) is 13.2 Å². The predicted octanol–water partition coefficient (Wildman–Crippen LogP) is 2.64. The molecule has 0 aromatic heterocycles. The lowest BCUT2D eigenvalue weighted by atomic mass is 10.0. The summed E-state index contributed by atoms with van der Waals surface area (Å²) in [6, 6.07) is 13.2. The van der Waals surface area contributed by atoms with E-state index in [-0.39, 0.29) is 5.91 Å². The van der Waals surface area contributed by atoms with Gasteiger partial charge >= 0.3 is 0 Å². The van der Waals surface area contributed by atoms with E-state index >= 15 is 0 Å². The van der Waals surface area contributed by atoms with Crippen molar-refractivity contribution in [3.05, 3.63) is 64.7 Å². The number of benzene rings is 2. The third-order valence-electron chi connectivity index (χ3n) is 4.39. The second kappa shape index (κ2) is 6.88. The smallest absolute Gasteiger partial charge is 0.251 e. The number of carbonyl (C=O) groups excluding carboxylic acids is 1. The summed E-state index contributed by atoms with van der Waals surface area (Å²) in [7, 11) is -3.29. The minimum Gasteiger partial charge on any atom is -0.348 e. The van der Waals surface area contributed by atoms with E-state index in [2.05, 4.69) is 5.32 Å². The fourth-order valence-electron chi connectivity index (χ4n) is 3.04. The average molecular weight is 358 g/mol. The standard InChI is InChI=1S/C19H22N2O3S/c1-14-5-7-15(8-6-14)13-20-19(22)17-9-10-18-16(12-17)4-3-11-21(18)25(2,23)24/h5-10,12H,3-4,11,13H2,1-2H3,(H,20,22). The van der Waals surface area contributed by atoms with Crippen LogP contribution in [-0.2, 0) is 23.0 Å². The van der Waals surface area contributed by atoms with Crippen molar-refractivity contribution >= 4 is 21.6 Å². The lowest BCUT2D eigenvalue weighted by Crippen LogP contribution is -2.34. The van der Waals surface area contributed by atoms with Crippen molar-refractivity contribution in [3.63, 3.8) is 0 Å². The molecule has 1 amide bonds. The molecule has 1 N–H and O–H groups in total. The Balaban J connectivity index is 1.75. The number of aryl methyl sites for hydroxylation is 2. The summed E-state index contributed by atoms with van der Waals surface area (Å²) in [6.07, 6.45) is 2.75. The Labute approximate surface area is 148 Å². The fourth-order valence-corrected chi connectivity index (χ4v) is 4.03. The molecule has 25 heavy (non-hydrogen) atoms. The normalized spacial score (nSPS) is 14.1. The third kappa shape index (κ3) is 4.02. The van der Waals surface area contributed by atoms with Crippen molar-refractivity contribution in [1.29, 1.82) is 0 Å². The number of anilines is 1. The number of hydrogen-bond acceptors (Lipinski definition) is 3. The van der Waals surface area contributed by atoms with Crippen LogP contribution in [0.5, 0.6) is 0 Å². The molecule has 0 atom stereocenters. The zero-order chi connectivity index (χ0) is 18.0. The molecule has 1 aliphatic rings. The molecule has 2 aromatic carbocycles. The first-order valence-electron chi connectivity index (χ1n) is 8.29. The van der Waals surface area contributed by atoms with Crippen LogP contribution in [0.4, 0.5) is 5.69 Å². The molecular weight excluding hydrogens is 336 g/mol. The maximum Gasteiger partial charge on any atom is 0.251 e. The van der Waals surface area contributed by atoms with Crippen LogP contribution >= 0.6 is 0 Å². The molecule has 3 rings (SSSR count). The maximum atomic E-state index is 12.4. The van der Waals surface area contributed by atoms with Crippen LogP contribution in [-0.4, -0.2) is 27.1 Å². The van der Waals surface area contributed by atoms with Gasteiger partial charge < -0.3 is 5.32 Å². The van der Waals surface area contributed by atoms with Crippen LogP contribution in [0.1, 0.15) is 33.5 Å². The second-order valence-corrected chi connectivity index (χ2v) is 8.36. The first kappa shape index (κ1) is 17.5. The zero-order valence-electron chi connectivity index (χ0n) is 14.5. The summed E-state index contributed by atoms with van der Waals surface area (Å²) in [5.74, 6) is -0.153. The summed E-state index contributed by atoms with van der Waals surface area (Å²) in [5.41, 5.74) is 4.37. The highest BCUT2D eigenvalue weighted by atomic mass is 32.2. The molecule has 132 valence electrons. The fraction of sp³-hybridized carbons (Fsp3) is 0.316. The van der Waals surface area contributed by atoms with Gasteiger partial charge in [-0.2, -0.15) is 0 Å². The minimum atomic E-state index is -3.29. The Bertz CT molecular complexity index is 889. The van der Waals surface area contributed by atoms with E-state index < -0.39 is 10.0 Å². The van der Waals surface area contributed by atoms with Crippen LogP contribution < -0.4 is 9.62 Å². The van der Waals surface area contributed by atoms with Crippen molar-refractivity contribution < 1.29 is 13.2 Å². The van der Waals surface area contributed by atoms with Gasteiger partial charge in [0.25, 0.3) is 5.91 Å². The van der Waals surface area contributed by atoms with Crippen LogP contribution in [0, 0.1) is 6.92 Å². The van der Waals surface area contributed by atoms with Gasteiger partial charge in [-0.15, -0.1) is 0 Å². The first-order valence-corrected chi connectivity index (χ1v) is 10.1. The van der Waals surface area contributed by atoms with Crippen LogP contribution in [0.25, 0.3) is 0 Å². The lowest BCUT2D eigenvalue weighted by molar-refractivity contribution is 0.0951. The van der Waals surface area contributed by atoms with E-state index in [4.69, 9.17) is 0 Å². The zero-order valence-corrected chi connectivity index (χ0v) is 15.3. The largest absolute Gasteiger partial charge is 0.348 e. The predicted molar refractivity (Wildman–Crippen MR) is 99.3 cm³/mol. The van der Waals surface area contributed by atoms with E-state index in [1.165, 1.54) is 16.1 Å². The number of nitrogens with zero attached hydrogens (tertiary/aromatic N) is 1. The Morgan fingerprint density at radius 1 is 1.16 bits per heavy atom. The molecule has 2 aromatic rings. The van der Waals surface area contributed by atoms with Crippen molar-refractivity contribution in [2.75, 3.05) is 17.1 Å². The number of nitrogens with one attached hydrogen (secondary N) is 1. The van der Waals surface area contributed by atoms with Crippen LogP contribution in [0.3, 0.4) is 0 Å². The molecule has 0 spiro atoms. The lowest BCUT2D eigenvalue weighted by Gasteiger charge is -2.29. The van der Waals surface area contributed by atoms with Crippen molar-refractivity contribution in [2.45, 2.75) is 26.3 Å². The number of rotatable bonds is 4. The Morgan fingerprint density at radius 3 is 2.56 bits per heavy atom. The van der Waals surface area contributed by atoms with Crippen LogP contribution in [0.2, 0.25) is 0 Å². The number of fused-ring (bicyclic) bond motifs is 1. The molecule has 0 aliphatic carbocycles. The number of sulfonamides is 1. The summed E-state index contributed by atoms with van der Waals surface area (Å²) >= 11 is 0. The molecule has 0 radical (unpaired) electrons. The van der Waals surface area contributed by atoms with Gasteiger partial charge in [-0.05, 0) is 49.1 Å². The van der Waals surface area contributed by atoms with Gasteiger partial charge in [-0.3, -0.25) is 9.10 Å². The summed E-state index contributed by atoms with van der Waals surface area (Å²) in [4.78, 5) is 12.4. The Morgan fingerprint density at radius 2 is 1.88 bits per heavy atom. The molecule has 0 fully saturated rings. The number of amides is 1.